The number of aryl methyl sites for hydroxylation is 2. The number of aromatic amines is 1. The molecule has 2 aromatic heterocycles. The Balaban J connectivity index is 1.56. The van der Waals surface area contributed by atoms with E-state index in [0.29, 0.717) is 38.8 Å². The minimum Gasteiger partial charge on any atom is -0.496 e. The fourth-order valence-electron chi connectivity index (χ4n) is 5.91. The quantitative estimate of drug-likeness (QED) is 0.189. The Labute approximate surface area is 254 Å². The number of benzene rings is 2. The molecule has 0 radical (unpaired) electrons. The normalized spacial score (nSPS) is 13.8. The highest BCUT2D eigenvalue weighted by atomic mass is 35.5. The molecule has 5 rings (SSSR count). The molecule has 0 saturated heterocycles. The summed E-state index contributed by atoms with van der Waals surface area (Å²) >= 11 is 7.87. The molecule has 2 N–H and O–H groups in total. The number of amides is 1. The molecule has 0 aliphatic heterocycles. The number of nitrogens with one attached hydrogen (secondary N) is 2. The standard InChI is InChI=1S/C32H36ClN3O5S/c1-17-11-18(2)28-20(12-17)21(15-27(37)41-5)30(34-28)31(38)36-32-35-29(26(42-32)13-19-9-7-6-8-10-19)22-14-25(40-4)23(33)16-24(22)39-3/h11-12,14,16,19,34H,6-10,13,15H2,1-5H3,(H,35,36,38). The van der Waals surface area contributed by atoms with Gasteiger partial charge in [-0.2, -0.15) is 0 Å². The minimum absolute atomic E-state index is 0.0278. The molecule has 4 aromatic rings. The fourth-order valence-corrected chi connectivity index (χ4v) is 7.23. The van der Waals surface area contributed by atoms with Gasteiger partial charge in [-0.05, 0) is 43.9 Å². The van der Waals surface area contributed by atoms with E-state index < -0.39 is 5.97 Å². The third kappa shape index (κ3) is 6.13. The fraction of sp³-hybridized carbons (Fsp3) is 0.406. The van der Waals surface area contributed by atoms with Crippen molar-refractivity contribution in [2.45, 2.75) is 58.8 Å². The van der Waals surface area contributed by atoms with Crippen LogP contribution in [0.3, 0.4) is 0 Å². The summed E-state index contributed by atoms with van der Waals surface area (Å²) in [7, 11) is 4.51. The molecule has 8 nitrogen and oxygen atoms in total. The molecule has 2 heterocycles. The second kappa shape index (κ2) is 12.8. The van der Waals surface area contributed by atoms with Crippen LogP contribution >= 0.6 is 22.9 Å². The predicted octanol–water partition coefficient (Wildman–Crippen LogP) is 7.67. The Morgan fingerprint density at radius 3 is 2.48 bits per heavy atom. The van der Waals surface area contributed by atoms with E-state index >= 15 is 0 Å². The summed E-state index contributed by atoms with van der Waals surface area (Å²) in [6.07, 6.45) is 6.89. The van der Waals surface area contributed by atoms with Crippen molar-refractivity contribution in [2.75, 3.05) is 26.6 Å². The molecule has 222 valence electrons. The molecule has 0 bridgehead atoms. The van der Waals surface area contributed by atoms with Gasteiger partial charge in [-0.3, -0.25) is 14.9 Å². The molecule has 10 heteroatoms. The lowest BCUT2D eigenvalue weighted by atomic mass is 9.86. The van der Waals surface area contributed by atoms with Gasteiger partial charge in [-0.15, -0.1) is 11.3 Å². The number of thiazole rings is 1. The van der Waals surface area contributed by atoms with E-state index in [2.05, 4.69) is 10.3 Å². The molecule has 0 atom stereocenters. The van der Waals surface area contributed by atoms with Crippen LogP contribution in [0.15, 0.2) is 24.3 Å². The third-order valence-corrected chi connectivity index (χ3v) is 9.27. The van der Waals surface area contributed by atoms with Gasteiger partial charge in [0.2, 0.25) is 0 Å². The maximum absolute atomic E-state index is 13.8. The summed E-state index contributed by atoms with van der Waals surface area (Å²) in [5.41, 5.74) is 5.27. The topological polar surface area (TPSA) is 103 Å². The van der Waals surface area contributed by atoms with Gasteiger partial charge in [0, 0.05) is 33.0 Å². The van der Waals surface area contributed by atoms with Crippen molar-refractivity contribution < 1.29 is 23.8 Å². The number of anilines is 1. The molecule has 42 heavy (non-hydrogen) atoms. The average Bonchev–Trinajstić information content (AvgIpc) is 3.54. The molecule has 0 unspecified atom stereocenters. The minimum atomic E-state index is -0.417. The second-order valence-corrected chi connectivity index (χ2v) is 12.4. The van der Waals surface area contributed by atoms with Gasteiger partial charge in [0.1, 0.15) is 17.2 Å². The van der Waals surface area contributed by atoms with Gasteiger partial charge >= 0.3 is 5.97 Å². The van der Waals surface area contributed by atoms with Crippen LogP contribution in [0.25, 0.3) is 22.2 Å². The molecule has 0 spiro atoms. The Morgan fingerprint density at radius 1 is 1.05 bits per heavy atom. The summed E-state index contributed by atoms with van der Waals surface area (Å²) in [6, 6.07) is 7.59. The van der Waals surface area contributed by atoms with Gasteiger partial charge < -0.3 is 19.2 Å². The molecule has 2 aromatic carbocycles. The third-order valence-electron chi connectivity index (χ3n) is 7.98. The summed E-state index contributed by atoms with van der Waals surface area (Å²) in [4.78, 5) is 35.4. The highest BCUT2D eigenvalue weighted by Crippen LogP contribution is 2.43. The lowest BCUT2D eigenvalue weighted by molar-refractivity contribution is -0.139. The summed E-state index contributed by atoms with van der Waals surface area (Å²) in [6.45, 7) is 3.97. The van der Waals surface area contributed by atoms with Crippen LogP contribution in [-0.4, -0.2) is 43.2 Å². The van der Waals surface area contributed by atoms with Gasteiger partial charge in [-0.1, -0.05) is 55.3 Å². The van der Waals surface area contributed by atoms with Crippen LogP contribution in [0.1, 0.15) is 64.2 Å². The van der Waals surface area contributed by atoms with Gasteiger partial charge in [-0.25, -0.2) is 4.98 Å². The predicted molar refractivity (Wildman–Crippen MR) is 167 cm³/mol. The highest BCUT2D eigenvalue weighted by Gasteiger charge is 2.26. The zero-order chi connectivity index (χ0) is 30.0. The van der Waals surface area contributed by atoms with E-state index in [1.165, 1.54) is 50.6 Å². The Bertz CT molecular complexity index is 1640. The van der Waals surface area contributed by atoms with Crippen molar-refractivity contribution >= 4 is 50.8 Å². The van der Waals surface area contributed by atoms with Crippen molar-refractivity contribution in [2.24, 2.45) is 5.92 Å². The molecule has 1 aliphatic rings. The lowest BCUT2D eigenvalue weighted by Gasteiger charge is -2.21. The van der Waals surface area contributed by atoms with Crippen molar-refractivity contribution in [1.82, 2.24) is 9.97 Å². The first kappa shape index (κ1) is 29.9. The number of methoxy groups -OCH3 is 3. The number of halogens is 1. The molecule has 1 saturated carbocycles. The second-order valence-electron chi connectivity index (χ2n) is 10.9. The van der Waals surface area contributed by atoms with Crippen LogP contribution in [0, 0.1) is 19.8 Å². The first-order chi connectivity index (χ1) is 20.2. The van der Waals surface area contributed by atoms with Gasteiger partial charge in [0.05, 0.1) is 38.5 Å². The van der Waals surface area contributed by atoms with Crippen molar-refractivity contribution in [3.05, 3.63) is 56.5 Å². The van der Waals surface area contributed by atoms with E-state index in [1.807, 2.05) is 32.0 Å². The molecule has 1 amide bonds. The monoisotopic (exact) mass is 609 g/mol. The number of fused-ring (bicyclic) bond motifs is 1. The van der Waals surface area contributed by atoms with Crippen molar-refractivity contribution in [1.29, 1.82) is 0 Å². The summed E-state index contributed by atoms with van der Waals surface area (Å²) < 4.78 is 16.1. The van der Waals surface area contributed by atoms with Crippen molar-refractivity contribution in [3.63, 3.8) is 0 Å². The number of nitrogens with zero attached hydrogens (tertiary/aromatic N) is 1. The van der Waals surface area contributed by atoms with Crippen molar-refractivity contribution in [3.8, 4) is 22.8 Å². The van der Waals surface area contributed by atoms with Crippen LogP contribution in [0.5, 0.6) is 11.5 Å². The van der Waals surface area contributed by atoms with E-state index in [-0.39, 0.29) is 12.3 Å². The first-order valence-corrected chi connectivity index (χ1v) is 15.3. The lowest BCUT2D eigenvalue weighted by Crippen LogP contribution is -2.16. The number of H-pyrrole nitrogens is 1. The number of rotatable bonds is 9. The average molecular weight is 610 g/mol. The highest BCUT2D eigenvalue weighted by molar-refractivity contribution is 7.16. The first-order valence-electron chi connectivity index (χ1n) is 14.1. The zero-order valence-electron chi connectivity index (χ0n) is 24.6. The van der Waals surface area contributed by atoms with Crippen LogP contribution in [0.2, 0.25) is 5.02 Å². The largest absolute Gasteiger partial charge is 0.496 e. The number of esters is 1. The Hall–Kier alpha value is -3.56. The Kier molecular flexibility index (Phi) is 9.08. The van der Waals surface area contributed by atoms with Gasteiger partial charge in [0.25, 0.3) is 5.91 Å². The van der Waals surface area contributed by atoms with E-state index in [1.54, 1.807) is 20.3 Å². The van der Waals surface area contributed by atoms with E-state index in [4.69, 9.17) is 30.8 Å². The molecular formula is C32H36ClN3O5S. The van der Waals surface area contributed by atoms with Crippen LogP contribution < -0.4 is 14.8 Å². The molecule has 1 aliphatic carbocycles. The molecule has 1 fully saturated rings. The summed E-state index contributed by atoms with van der Waals surface area (Å²) in [5.74, 6) is 0.862. The zero-order valence-corrected chi connectivity index (χ0v) is 26.2. The number of ether oxygens (including phenoxy) is 3. The summed E-state index contributed by atoms with van der Waals surface area (Å²) in [5, 5.41) is 4.76. The van der Waals surface area contributed by atoms with E-state index in [0.717, 1.165) is 44.6 Å². The number of aromatic nitrogens is 2. The van der Waals surface area contributed by atoms with Gasteiger partial charge in [0.15, 0.2) is 5.13 Å². The smallest absolute Gasteiger partial charge is 0.310 e. The number of hydrogen-bond acceptors (Lipinski definition) is 7. The number of carbonyl (C=O) groups is 2. The maximum Gasteiger partial charge on any atom is 0.310 e. The molecular weight excluding hydrogens is 574 g/mol. The van der Waals surface area contributed by atoms with E-state index in [9.17, 15) is 9.59 Å². The number of carbonyl (C=O) groups excluding carboxylic acids is 2. The number of hydrogen-bond donors (Lipinski definition) is 2. The Morgan fingerprint density at radius 2 is 1.79 bits per heavy atom. The van der Waals surface area contributed by atoms with Crippen LogP contribution in [0.4, 0.5) is 5.13 Å². The van der Waals surface area contributed by atoms with Crippen LogP contribution in [-0.2, 0) is 22.4 Å². The SMILES string of the molecule is COC(=O)Cc1c(C(=O)Nc2nc(-c3cc(OC)c(Cl)cc3OC)c(CC3CCCCC3)s2)[nH]c2c(C)cc(C)cc12. The maximum atomic E-state index is 13.8.